The van der Waals surface area contributed by atoms with Crippen molar-refractivity contribution >= 4 is 11.5 Å². The molecule has 2 aliphatic heterocycles. The molecule has 0 aromatic heterocycles. The second-order valence-corrected chi connectivity index (χ2v) is 5.96. The number of rotatable bonds is 2. The Hall–Kier alpha value is -1.94. The van der Waals surface area contributed by atoms with Gasteiger partial charge in [-0.2, -0.15) is 0 Å². The number of amides is 1. The topological polar surface area (TPSA) is 53.5 Å². The van der Waals surface area contributed by atoms with Gasteiger partial charge in [-0.25, -0.2) is 4.99 Å². The van der Waals surface area contributed by atoms with E-state index in [-0.39, 0.29) is 5.91 Å². The number of carbonyl (C=O) groups excluding carboxylic acids is 1. The highest BCUT2D eigenvalue weighted by Crippen LogP contribution is 2.25. The number of hydrogen-bond donors (Lipinski definition) is 2. The van der Waals surface area contributed by atoms with Gasteiger partial charge < -0.3 is 10.6 Å². The molecule has 0 atom stereocenters. The molecule has 1 aromatic rings. The van der Waals surface area contributed by atoms with Gasteiger partial charge in [-0.1, -0.05) is 18.2 Å². The fraction of sp³-hybridized carbons (Fsp3) is 0.412. The normalized spacial score (nSPS) is 21.0. The fourth-order valence-electron chi connectivity index (χ4n) is 3.17. The lowest BCUT2D eigenvalue weighted by Gasteiger charge is -2.27. The standard InChI is InChI=1S/C17H19N3O/c21-17(19-11-4-3-5-11)14-10-18-9-8-13-12-6-1-2-7-15(12)20-16(13)14/h1-2,6-7,11,18H,3-5,8-10H2,(H,19,21). The molecule has 0 radical (unpaired) electrons. The zero-order valence-corrected chi connectivity index (χ0v) is 12.0. The molecule has 4 rings (SSSR count). The summed E-state index contributed by atoms with van der Waals surface area (Å²) in [4.78, 5) is 17.3. The predicted octanol–water partition coefficient (Wildman–Crippen LogP) is 0.387. The lowest BCUT2D eigenvalue weighted by atomic mass is 9.92. The molecule has 4 nitrogen and oxygen atoms in total. The third-order valence-corrected chi connectivity index (χ3v) is 4.60. The highest BCUT2D eigenvalue weighted by atomic mass is 16.1. The van der Waals surface area contributed by atoms with Gasteiger partial charge in [0.1, 0.15) is 0 Å². The number of nitrogens with zero attached hydrogens (tertiary/aromatic N) is 1. The van der Waals surface area contributed by atoms with Crippen LogP contribution in [0.25, 0.3) is 5.57 Å². The molecule has 108 valence electrons. The first-order valence-corrected chi connectivity index (χ1v) is 7.75. The average Bonchev–Trinajstić information content (AvgIpc) is 2.68. The lowest BCUT2D eigenvalue weighted by molar-refractivity contribution is -0.118. The molecule has 1 aliphatic carbocycles. The van der Waals surface area contributed by atoms with Crippen LogP contribution in [0.1, 0.15) is 25.7 Å². The number of benzene rings is 1. The van der Waals surface area contributed by atoms with Crippen LogP contribution >= 0.6 is 0 Å². The number of para-hydroxylation sites is 1. The molecule has 3 aliphatic rings. The van der Waals surface area contributed by atoms with Gasteiger partial charge in [-0.15, -0.1) is 0 Å². The summed E-state index contributed by atoms with van der Waals surface area (Å²) >= 11 is 0. The zero-order chi connectivity index (χ0) is 14.2. The maximum absolute atomic E-state index is 12.6. The van der Waals surface area contributed by atoms with Gasteiger partial charge >= 0.3 is 0 Å². The summed E-state index contributed by atoms with van der Waals surface area (Å²) in [6.45, 7) is 1.50. The summed E-state index contributed by atoms with van der Waals surface area (Å²) < 4.78 is 0. The van der Waals surface area contributed by atoms with Gasteiger partial charge in [0.15, 0.2) is 0 Å². The summed E-state index contributed by atoms with van der Waals surface area (Å²) in [5, 5.41) is 8.67. The van der Waals surface area contributed by atoms with Crippen LogP contribution in [0.15, 0.2) is 40.5 Å². The summed E-state index contributed by atoms with van der Waals surface area (Å²) in [7, 11) is 0. The van der Waals surface area contributed by atoms with E-state index in [4.69, 9.17) is 4.99 Å². The number of fused-ring (bicyclic) bond motifs is 2. The number of carbonyl (C=O) groups is 1. The third kappa shape index (κ3) is 2.20. The monoisotopic (exact) mass is 281 g/mol. The van der Waals surface area contributed by atoms with Gasteiger partial charge in [0.25, 0.3) is 5.91 Å². The molecule has 0 saturated heterocycles. The molecule has 0 unspecified atom stereocenters. The number of allylic oxidation sites excluding steroid dienone is 1. The van der Waals surface area contributed by atoms with Crippen LogP contribution in [-0.2, 0) is 4.79 Å². The Morgan fingerprint density at radius 3 is 2.95 bits per heavy atom. The first kappa shape index (κ1) is 12.8. The van der Waals surface area contributed by atoms with E-state index in [2.05, 4.69) is 16.7 Å². The molecule has 1 amide bonds. The molecular weight excluding hydrogens is 262 g/mol. The first-order valence-electron chi connectivity index (χ1n) is 7.75. The second-order valence-electron chi connectivity index (χ2n) is 5.96. The van der Waals surface area contributed by atoms with E-state index in [9.17, 15) is 4.79 Å². The lowest BCUT2D eigenvalue weighted by Crippen LogP contribution is -2.41. The smallest absolute Gasteiger partial charge is 0.250 e. The number of hydrogen-bond acceptors (Lipinski definition) is 3. The molecule has 0 bridgehead atoms. The van der Waals surface area contributed by atoms with E-state index < -0.39 is 0 Å². The van der Waals surface area contributed by atoms with E-state index in [0.29, 0.717) is 12.6 Å². The quantitative estimate of drug-likeness (QED) is 0.824. The summed E-state index contributed by atoms with van der Waals surface area (Å²) in [5.74, 6) is 0.0538. The van der Waals surface area contributed by atoms with Crippen molar-refractivity contribution in [1.29, 1.82) is 0 Å². The summed E-state index contributed by atoms with van der Waals surface area (Å²) in [5.41, 5.74) is 2.91. The van der Waals surface area contributed by atoms with Crippen LogP contribution in [0.5, 0.6) is 0 Å². The molecule has 21 heavy (non-hydrogen) atoms. The molecule has 1 fully saturated rings. The van der Waals surface area contributed by atoms with Crippen molar-refractivity contribution < 1.29 is 4.79 Å². The van der Waals surface area contributed by atoms with Gasteiger partial charge in [0, 0.05) is 17.8 Å². The molecule has 4 heteroatoms. The van der Waals surface area contributed by atoms with Crippen molar-refractivity contribution in [1.82, 2.24) is 10.6 Å². The summed E-state index contributed by atoms with van der Waals surface area (Å²) in [6.07, 6.45) is 4.36. The minimum Gasteiger partial charge on any atom is -0.349 e. The van der Waals surface area contributed by atoms with Crippen LogP contribution < -0.4 is 21.2 Å². The Morgan fingerprint density at radius 1 is 1.29 bits per heavy atom. The zero-order valence-electron chi connectivity index (χ0n) is 12.0. The van der Waals surface area contributed by atoms with Crippen molar-refractivity contribution in [3.63, 3.8) is 0 Å². The maximum atomic E-state index is 12.6. The van der Waals surface area contributed by atoms with Crippen molar-refractivity contribution in [2.45, 2.75) is 31.7 Å². The van der Waals surface area contributed by atoms with Crippen molar-refractivity contribution in [3.05, 3.63) is 46.1 Å². The number of nitrogens with one attached hydrogen (secondary N) is 2. The van der Waals surface area contributed by atoms with Crippen LogP contribution in [0.2, 0.25) is 0 Å². The van der Waals surface area contributed by atoms with Gasteiger partial charge in [-0.3, -0.25) is 4.79 Å². The molecule has 1 saturated carbocycles. The van der Waals surface area contributed by atoms with Gasteiger partial charge in [0.05, 0.1) is 16.6 Å². The Kier molecular flexibility index (Phi) is 3.11. The highest BCUT2D eigenvalue weighted by Gasteiger charge is 2.27. The Labute approximate surface area is 123 Å². The molecule has 1 aromatic carbocycles. The van der Waals surface area contributed by atoms with Crippen LogP contribution in [0.3, 0.4) is 0 Å². The van der Waals surface area contributed by atoms with E-state index in [1.54, 1.807) is 0 Å². The maximum Gasteiger partial charge on any atom is 0.250 e. The Bertz CT molecular complexity index is 744. The SMILES string of the molecule is O=C(NC1CCC1)C1=C2N=c3ccccc3=C2CCNC1. The van der Waals surface area contributed by atoms with E-state index in [1.165, 1.54) is 17.2 Å². The minimum absolute atomic E-state index is 0.0538. The minimum atomic E-state index is 0.0538. The van der Waals surface area contributed by atoms with Crippen LogP contribution in [0, 0.1) is 0 Å². The van der Waals surface area contributed by atoms with E-state index >= 15 is 0 Å². The molecular formula is C17H19N3O. The highest BCUT2D eigenvalue weighted by molar-refractivity contribution is 5.98. The molecule has 2 heterocycles. The van der Waals surface area contributed by atoms with Crippen LogP contribution in [0.4, 0.5) is 0 Å². The average molecular weight is 281 g/mol. The Balaban J connectivity index is 1.78. The molecule has 0 spiro atoms. The van der Waals surface area contributed by atoms with Gasteiger partial charge in [-0.05, 0) is 43.9 Å². The second kappa shape index (κ2) is 5.11. The van der Waals surface area contributed by atoms with Crippen molar-refractivity contribution in [2.75, 3.05) is 13.1 Å². The fourth-order valence-corrected chi connectivity index (χ4v) is 3.17. The van der Waals surface area contributed by atoms with E-state index in [0.717, 1.165) is 42.4 Å². The molecule has 2 N–H and O–H groups in total. The first-order chi connectivity index (χ1) is 10.3. The summed E-state index contributed by atoms with van der Waals surface area (Å²) in [6, 6.07) is 8.53. The van der Waals surface area contributed by atoms with Crippen molar-refractivity contribution in [2.24, 2.45) is 4.99 Å². The predicted molar refractivity (Wildman–Crippen MR) is 80.9 cm³/mol. The van der Waals surface area contributed by atoms with E-state index in [1.807, 2.05) is 18.2 Å². The van der Waals surface area contributed by atoms with Crippen molar-refractivity contribution in [3.8, 4) is 0 Å². The van der Waals surface area contributed by atoms with Gasteiger partial charge in [0.2, 0.25) is 0 Å². The largest absolute Gasteiger partial charge is 0.349 e. The third-order valence-electron chi connectivity index (χ3n) is 4.60. The van der Waals surface area contributed by atoms with Crippen LogP contribution in [-0.4, -0.2) is 25.0 Å². The Morgan fingerprint density at radius 2 is 2.14 bits per heavy atom.